The van der Waals surface area contributed by atoms with E-state index in [0.717, 1.165) is 0 Å². The predicted molar refractivity (Wildman–Crippen MR) is 247 cm³/mol. The highest BCUT2D eigenvalue weighted by molar-refractivity contribution is 6.28. The fourth-order valence-electron chi connectivity index (χ4n) is 10.1. The summed E-state index contributed by atoms with van der Waals surface area (Å²) in [5, 5.41) is 10.1. The average molecular weight is 735 g/mol. The fourth-order valence-corrected chi connectivity index (χ4v) is 10.1. The van der Waals surface area contributed by atoms with Crippen LogP contribution in [0, 0.1) is 13.8 Å². The largest absolute Gasteiger partial charge is 0.0654 e. The molecule has 0 fully saturated rings. The Morgan fingerprint density at radius 1 is 0.278 bits per heavy atom. The average Bonchev–Trinajstić information content (AvgIpc) is 3.17. The van der Waals surface area contributed by atoms with Crippen molar-refractivity contribution in [3.05, 3.63) is 56.6 Å². The Kier molecular flexibility index (Phi) is 20.3. The van der Waals surface area contributed by atoms with Gasteiger partial charge in [0.2, 0.25) is 0 Å². The third-order valence-corrected chi connectivity index (χ3v) is 13.3. The quantitative estimate of drug-likeness (QED) is 0.0370. The molecule has 54 heavy (non-hydrogen) atoms. The zero-order valence-electron chi connectivity index (χ0n) is 37.4. The van der Waals surface area contributed by atoms with Gasteiger partial charge in [-0.2, -0.15) is 0 Å². The summed E-state index contributed by atoms with van der Waals surface area (Å²) >= 11 is 0. The summed E-state index contributed by atoms with van der Waals surface area (Å²) in [6, 6.07) is 5.56. The van der Waals surface area contributed by atoms with Crippen LogP contribution in [0.25, 0.3) is 32.3 Å². The van der Waals surface area contributed by atoms with Gasteiger partial charge < -0.3 is 0 Å². The van der Waals surface area contributed by atoms with Gasteiger partial charge in [-0.3, -0.25) is 0 Å². The van der Waals surface area contributed by atoms with Crippen molar-refractivity contribution in [2.45, 2.75) is 248 Å². The van der Waals surface area contributed by atoms with Crippen LogP contribution in [-0.2, 0) is 38.5 Å². The zero-order valence-corrected chi connectivity index (χ0v) is 37.4. The van der Waals surface area contributed by atoms with Crippen molar-refractivity contribution in [1.82, 2.24) is 0 Å². The summed E-state index contributed by atoms with van der Waals surface area (Å²) < 4.78 is 0. The molecule has 302 valence electrons. The minimum atomic E-state index is 1.24. The molecule has 0 saturated carbocycles. The predicted octanol–water partition coefficient (Wildman–Crippen LogP) is 17.9. The molecule has 0 bridgehead atoms. The van der Waals surface area contributed by atoms with Crippen LogP contribution < -0.4 is 0 Å². The lowest BCUT2D eigenvalue weighted by Crippen LogP contribution is -2.09. The molecule has 0 heteroatoms. The number of hydrogen-bond acceptors (Lipinski definition) is 0. The van der Waals surface area contributed by atoms with E-state index < -0.39 is 0 Å². The molecule has 4 rings (SSSR count). The molecule has 0 unspecified atom stereocenters. The number of unbranched alkanes of at least 4 members (excludes halogenated alkanes) is 18. The Balaban J connectivity index is 2.16. The Morgan fingerprint density at radius 3 is 0.815 bits per heavy atom. The monoisotopic (exact) mass is 735 g/mol. The Hall–Kier alpha value is -2.08. The maximum Gasteiger partial charge on any atom is -0.00179 e. The molecule has 4 aromatic carbocycles. The molecule has 0 aliphatic heterocycles. The molecule has 0 radical (unpaired) electrons. The van der Waals surface area contributed by atoms with Gasteiger partial charge in [0.05, 0.1) is 0 Å². The normalized spacial score (nSPS) is 12.1. The highest BCUT2D eigenvalue weighted by atomic mass is 14.3. The SMILES string of the molecule is CCCCCCc1cc2c(CCCCCC)c(CCCCCC)c3cc(CCCCCC)c(C)c4c(CCCCCC)c(CCCCCC)c(c1C)c2c34. The highest BCUT2D eigenvalue weighted by Gasteiger charge is 2.27. The Labute approximate surface area is 335 Å². The molecular weight excluding hydrogens is 649 g/mol. The van der Waals surface area contributed by atoms with Crippen molar-refractivity contribution in [2.24, 2.45) is 0 Å². The van der Waals surface area contributed by atoms with Gasteiger partial charge in [-0.1, -0.05) is 169 Å². The van der Waals surface area contributed by atoms with Crippen LogP contribution in [0.2, 0.25) is 0 Å². The van der Waals surface area contributed by atoms with Crippen molar-refractivity contribution >= 4 is 32.3 Å². The van der Waals surface area contributed by atoms with E-state index in [0.29, 0.717) is 0 Å². The first kappa shape index (κ1) is 44.6. The number of benzene rings is 4. The van der Waals surface area contributed by atoms with Crippen molar-refractivity contribution in [3.63, 3.8) is 0 Å². The molecule has 0 heterocycles. The van der Waals surface area contributed by atoms with Gasteiger partial charge in [0.15, 0.2) is 0 Å². The zero-order chi connectivity index (χ0) is 38.7. The molecule has 0 saturated heterocycles. The molecule has 0 aromatic heterocycles. The van der Waals surface area contributed by atoms with Gasteiger partial charge in [0.1, 0.15) is 0 Å². The van der Waals surface area contributed by atoms with E-state index in [9.17, 15) is 0 Å². The molecule has 0 amide bonds. The second-order valence-corrected chi connectivity index (χ2v) is 17.7. The molecule has 0 nitrogen and oxygen atoms in total. The number of hydrogen-bond donors (Lipinski definition) is 0. The van der Waals surface area contributed by atoms with Gasteiger partial charge in [-0.15, -0.1) is 0 Å². The summed E-state index contributed by atoms with van der Waals surface area (Å²) in [7, 11) is 0. The second kappa shape index (κ2) is 24.5. The van der Waals surface area contributed by atoms with Crippen LogP contribution in [0.3, 0.4) is 0 Å². The van der Waals surface area contributed by atoms with Crippen LogP contribution >= 0.6 is 0 Å². The van der Waals surface area contributed by atoms with Gasteiger partial charge in [0, 0.05) is 0 Å². The molecule has 0 aliphatic carbocycles. The number of rotatable bonds is 30. The molecule has 4 aromatic rings. The summed E-state index contributed by atoms with van der Waals surface area (Å²) in [6.45, 7) is 19.3. The van der Waals surface area contributed by atoms with Crippen molar-refractivity contribution in [2.75, 3.05) is 0 Å². The van der Waals surface area contributed by atoms with Crippen molar-refractivity contribution in [1.29, 1.82) is 0 Å². The molecule has 0 spiro atoms. The van der Waals surface area contributed by atoms with E-state index in [4.69, 9.17) is 0 Å². The topological polar surface area (TPSA) is 0 Å². The summed E-state index contributed by atoms with van der Waals surface area (Å²) in [6.07, 6.45) is 39.7. The van der Waals surface area contributed by atoms with Gasteiger partial charge in [-0.25, -0.2) is 0 Å². The van der Waals surface area contributed by atoms with E-state index in [2.05, 4.69) is 67.5 Å². The molecule has 0 aliphatic rings. The maximum atomic E-state index is 2.78. The Morgan fingerprint density at radius 2 is 0.537 bits per heavy atom. The summed E-state index contributed by atoms with van der Waals surface area (Å²) in [5.74, 6) is 0. The first-order chi connectivity index (χ1) is 26.5. The highest BCUT2D eigenvalue weighted by Crippen LogP contribution is 2.48. The smallest absolute Gasteiger partial charge is 0.00179 e. The minimum absolute atomic E-state index is 1.24. The van der Waals surface area contributed by atoms with Crippen molar-refractivity contribution in [3.8, 4) is 0 Å². The fraction of sp³-hybridized carbons (Fsp3) is 0.704. The van der Waals surface area contributed by atoms with E-state index in [1.54, 1.807) is 76.8 Å². The lowest BCUT2D eigenvalue weighted by Gasteiger charge is -2.29. The van der Waals surface area contributed by atoms with Crippen LogP contribution in [0.5, 0.6) is 0 Å². The second-order valence-electron chi connectivity index (χ2n) is 17.7. The van der Waals surface area contributed by atoms with E-state index in [1.165, 1.54) is 193 Å². The van der Waals surface area contributed by atoms with Crippen molar-refractivity contribution < 1.29 is 0 Å². The van der Waals surface area contributed by atoms with Crippen LogP contribution in [0.15, 0.2) is 12.1 Å². The molecule has 0 N–H and O–H groups in total. The lowest BCUT2D eigenvalue weighted by molar-refractivity contribution is 0.652. The van der Waals surface area contributed by atoms with Gasteiger partial charge in [-0.05, 0) is 168 Å². The molecular formula is C54H86. The third-order valence-electron chi connectivity index (χ3n) is 13.3. The summed E-state index contributed by atoms with van der Waals surface area (Å²) in [4.78, 5) is 0. The summed E-state index contributed by atoms with van der Waals surface area (Å²) in [5.41, 5.74) is 13.7. The van der Waals surface area contributed by atoms with E-state index >= 15 is 0 Å². The number of aryl methyl sites for hydroxylation is 8. The minimum Gasteiger partial charge on any atom is -0.0654 e. The lowest BCUT2D eigenvalue weighted by atomic mass is 9.75. The Bertz CT molecular complexity index is 1530. The molecule has 0 atom stereocenters. The van der Waals surface area contributed by atoms with Gasteiger partial charge in [0.25, 0.3) is 0 Å². The maximum absolute atomic E-state index is 2.78. The van der Waals surface area contributed by atoms with Crippen LogP contribution in [0.1, 0.15) is 240 Å². The third kappa shape index (κ3) is 11.5. The first-order valence-corrected chi connectivity index (χ1v) is 24.3. The van der Waals surface area contributed by atoms with Crippen LogP contribution in [0.4, 0.5) is 0 Å². The van der Waals surface area contributed by atoms with Gasteiger partial charge >= 0.3 is 0 Å². The first-order valence-electron chi connectivity index (χ1n) is 24.3. The van der Waals surface area contributed by atoms with Crippen LogP contribution in [-0.4, -0.2) is 0 Å². The standard InChI is InChI=1S/C54H86/c1-9-15-21-27-33-43-39-49-45(35-29-23-17-11-3)46(36-30-24-18-12-4)50-40-44(34-28-22-16-10-2)42(8)52-48(38-32-26-20-14-6)47(37-31-25-19-13-5)51(41(43)7)53(49)54(50)52/h39-40H,9-38H2,1-8H3. The van der Waals surface area contributed by atoms with E-state index in [-0.39, 0.29) is 0 Å². The van der Waals surface area contributed by atoms with E-state index in [1.807, 2.05) is 0 Å².